The summed E-state index contributed by atoms with van der Waals surface area (Å²) >= 11 is 0. The molecule has 0 aromatic heterocycles. The van der Waals surface area contributed by atoms with E-state index in [4.69, 9.17) is 4.74 Å². The van der Waals surface area contributed by atoms with Crippen LogP contribution in [0.25, 0.3) is 0 Å². The number of ether oxygens (including phenoxy) is 1. The number of likely N-dealkylation sites (N-methyl/N-ethyl adjacent to an activating group) is 1. The minimum Gasteiger partial charge on any atom is -0.497 e. The molecule has 0 heterocycles. The van der Waals surface area contributed by atoms with Gasteiger partial charge in [0.15, 0.2) is 0 Å². The molecule has 3 heteroatoms. The molecule has 18 heavy (non-hydrogen) atoms. The van der Waals surface area contributed by atoms with Crippen LogP contribution in [-0.4, -0.2) is 38.7 Å². The third-order valence-electron chi connectivity index (χ3n) is 3.07. The van der Waals surface area contributed by atoms with Crippen LogP contribution in [0.2, 0.25) is 0 Å². The molecule has 102 valence electrons. The molecule has 0 aliphatic carbocycles. The van der Waals surface area contributed by atoms with E-state index in [0.29, 0.717) is 12.0 Å². The fourth-order valence-electron chi connectivity index (χ4n) is 1.94. The number of nitrogens with zero attached hydrogens (tertiary/aromatic N) is 1. The van der Waals surface area contributed by atoms with Crippen molar-refractivity contribution < 1.29 is 4.74 Å². The van der Waals surface area contributed by atoms with E-state index in [1.165, 1.54) is 5.56 Å². The number of benzene rings is 1. The van der Waals surface area contributed by atoms with E-state index in [-0.39, 0.29) is 0 Å². The molecule has 0 saturated heterocycles. The normalized spacial score (nSPS) is 13.1. The Hall–Kier alpha value is -1.06. The molecule has 0 amide bonds. The summed E-state index contributed by atoms with van der Waals surface area (Å²) in [5.74, 6) is 1.54. The van der Waals surface area contributed by atoms with E-state index in [1.54, 1.807) is 7.11 Å². The van der Waals surface area contributed by atoms with Crippen LogP contribution in [0.1, 0.15) is 19.4 Å². The Bertz CT molecular complexity index is 350. The van der Waals surface area contributed by atoms with Crippen LogP contribution >= 0.6 is 0 Å². The van der Waals surface area contributed by atoms with Crippen molar-refractivity contribution in [3.63, 3.8) is 0 Å². The number of rotatable bonds is 7. The molecule has 0 bridgehead atoms. The highest BCUT2D eigenvalue weighted by atomic mass is 16.5. The Balaban J connectivity index is 2.55. The summed E-state index contributed by atoms with van der Waals surface area (Å²) in [6, 6.07) is 8.73. The monoisotopic (exact) mass is 250 g/mol. The zero-order chi connectivity index (χ0) is 13.5. The van der Waals surface area contributed by atoms with Gasteiger partial charge in [0, 0.05) is 19.1 Å². The second-order valence-electron chi connectivity index (χ2n) is 5.35. The second-order valence-corrected chi connectivity index (χ2v) is 5.35. The predicted molar refractivity (Wildman–Crippen MR) is 77.0 cm³/mol. The Kier molecular flexibility index (Phi) is 6.16. The average molecular weight is 250 g/mol. The third-order valence-corrected chi connectivity index (χ3v) is 3.07. The first-order valence-corrected chi connectivity index (χ1v) is 6.54. The van der Waals surface area contributed by atoms with Crippen molar-refractivity contribution in [2.75, 3.05) is 27.7 Å². The van der Waals surface area contributed by atoms with Gasteiger partial charge in [-0.3, -0.25) is 0 Å². The third kappa shape index (κ3) is 5.07. The lowest BCUT2D eigenvalue weighted by Crippen LogP contribution is -2.41. The summed E-state index contributed by atoms with van der Waals surface area (Å²) in [6.07, 6.45) is 0. The molecular weight excluding hydrogens is 224 g/mol. The molecule has 0 aliphatic rings. The molecule has 1 atom stereocenters. The Morgan fingerprint density at radius 1 is 1.28 bits per heavy atom. The number of hydrogen-bond acceptors (Lipinski definition) is 3. The van der Waals surface area contributed by atoms with Gasteiger partial charge in [-0.1, -0.05) is 26.0 Å². The first-order chi connectivity index (χ1) is 8.52. The van der Waals surface area contributed by atoms with Gasteiger partial charge >= 0.3 is 0 Å². The van der Waals surface area contributed by atoms with Crippen LogP contribution in [0, 0.1) is 5.92 Å². The molecule has 1 N–H and O–H groups in total. The molecule has 3 nitrogen and oxygen atoms in total. The fraction of sp³-hybridized carbons (Fsp3) is 0.600. The lowest BCUT2D eigenvalue weighted by atomic mass is 10.0. The van der Waals surface area contributed by atoms with Crippen LogP contribution in [-0.2, 0) is 6.54 Å². The maximum Gasteiger partial charge on any atom is 0.119 e. The second kappa shape index (κ2) is 7.39. The van der Waals surface area contributed by atoms with Crippen LogP contribution < -0.4 is 10.1 Å². The Morgan fingerprint density at radius 3 is 2.56 bits per heavy atom. The van der Waals surface area contributed by atoms with Gasteiger partial charge in [-0.2, -0.15) is 0 Å². The molecule has 1 unspecified atom stereocenters. The predicted octanol–water partition coefficient (Wildman–Crippen LogP) is 2.37. The maximum atomic E-state index is 5.24. The first-order valence-electron chi connectivity index (χ1n) is 6.54. The van der Waals surface area contributed by atoms with E-state index < -0.39 is 0 Å². The summed E-state index contributed by atoms with van der Waals surface area (Å²) in [6.45, 7) is 6.45. The first kappa shape index (κ1) is 15.0. The summed E-state index contributed by atoms with van der Waals surface area (Å²) in [7, 11) is 5.93. The Morgan fingerprint density at radius 2 is 2.00 bits per heavy atom. The van der Waals surface area contributed by atoms with Crippen LogP contribution in [0.5, 0.6) is 5.75 Å². The van der Waals surface area contributed by atoms with Crippen molar-refractivity contribution in [3.05, 3.63) is 29.8 Å². The Labute approximate surface area is 111 Å². The number of nitrogens with one attached hydrogen (secondary N) is 1. The van der Waals surface area contributed by atoms with E-state index in [0.717, 1.165) is 18.8 Å². The molecule has 0 radical (unpaired) electrons. The van der Waals surface area contributed by atoms with Gasteiger partial charge in [-0.25, -0.2) is 0 Å². The van der Waals surface area contributed by atoms with Gasteiger partial charge in [0.1, 0.15) is 5.75 Å². The SMILES string of the molecule is COc1cccc(CNC(CN(C)C)C(C)C)c1. The maximum absolute atomic E-state index is 5.24. The molecule has 0 fully saturated rings. The van der Waals surface area contributed by atoms with Crippen molar-refractivity contribution in [2.45, 2.75) is 26.4 Å². The average Bonchev–Trinajstić information content (AvgIpc) is 2.34. The zero-order valence-electron chi connectivity index (χ0n) is 12.2. The van der Waals surface area contributed by atoms with Crippen LogP contribution in [0.3, 0.4) is 0 Å². The summed E-state index contributed by atoms with van der Waals surface area (Å²) in [5, 5.41) is 3.62. The molecule has 1 aromatic rings. The molecule has 1 aromatic carbocycles. The smallest absolute Gasteiger partial charge is 0.119 e. The highest BCUT2D eigenvalue weighted by Crippen LogP contribution is 2.13. The molecule has 0 saturated carbocycles. The highest BCUT2D eigenvalue weighted by molar-refractivity contribution is 5.28. The molecule has 0 aliphatic heterocycles. The lowest BCUT2D eigenvalue weighted by molar-refractivity contribution is 0.288. The van der Waals surface area contributed by atoms with E-state index >= 15 is 0 Å². The molecule has 1 rings (SSSR count). The van der Waals surface area contributed by atoms with Gasteiger partial charge in [0.25, 0.3) is 0 Å². The highest BCUT2D eigenvalue weighted by Gasteiger charge is 2.13. The van der Waals surface area contributed by atoms with Crippen molar-refractivity contribution in [1.29, 1.82) is 0 Å². The number of methoxy groups -OCH3 is 1. The zero-order valence-corrected chi connectivity index (χ0v) is 12.2. The topological polar surface area (TPSA) is 24.5 Å². The van der Waals surface area contributed by atoms with Gasteiger partial charge in [-0.05, 0) is 37.7 Å². The molecular formula is C15H26N2O. The minimum absolute atomic E-state index is 0.506. The fourth-order valence-corrected chi connectivity index (χ4v) is 1.94. The molecule has 0 spiro atoms. The summed E-state index contributed by atoms with van der Waals surface area (Å²) in [5.41, 5.74) is 1.26. The van der Waals surface area contributed by atoms with Gasteiger partial charge in [-0.15, -0.1) is 0 Å². The summed E-state index contributed by atoms with van der Waals surface area (Å²) in [4.78, 5) is 2.23. The van der Waals surface area contributed by atoms with E-state index in [1.807, 2.05) is 12.1 Å². The van der Waals surface area contributed by atoms with Crippen molar-refractivity contribution in [3.8, 4) is 5.75 Å². The van der Waals surface area contributed by atoms with E-state index in [9.17, 15) is 0 Å². The van der Waals surface area contributed by atoms with Crippen LogP contribution in [0.15, 0.2) is 24.3 Å². The largest absolute Gasteiger partial charge is 0.497 e. The quantitative estimate of drug-likeness (QED) is 0.804. The van der Waals surface area contributed by atoms with Crippen molar-refractivity contribution >= 4 is 0 Å². The van der Waals surface area contributed by atoms with Gasteiger partial charge in [0.2, 0.25) is 0 Å². The standard InChI is InChI=1S/C15H26N2O/c1-12(2)15(11-17(3)4)16-10-13-7-6-8-14(9-13)18-5/h6-9,12,15-16H,10-11H2,1-5H3. The van der Waals surface area contributed by atoms with Crippen LogP contribution in [0.4, 0.5) is 0 Å². The van der Waals surface area contributed by atoms with Gasteiger partial charge in [0.05, 0.1) is 7.11 Å². The summed E-state index contributed by atoms with van der Waals surface area (Å²) < 4.78 is 5.24. The van der Waals surface area contributed by atoms with Crippen molar-refractivity contribution in [1.82, 2.24) is 10.2 Å². The lowest BCUT2D eigenvalue weighted by Gasteiger charge is -2.25. The number of hydrogen-bond donors (Lipinski definition) is 1. The minimum atomic E-state index is 0.506. The van der Waals surface area contributed by atoms with Crippen molar-refractivity contribution in [2.24, 2.45) is 5.92 Å². The van der Waals surface area contributed by atoms with E-state index in [2.05, 4.69) is 50.3 Å². The van der Waals surface area contributed by atoms with Gasteiger partial charge < -0.3 is 15.0 Å².